The van der Waals surface area contributed by atoms with Crippen LogP contribution < -0.4 is 10.2 Å². The van der Waals surface area contributed by atoms with Crippen molar-refractivity contribution in [3.05, 3.63) is 54.1 Å². The van der Waals surface area contributed by atoms with Gasteiger partial charge < -0.3 is 19.9 Å². The second-order valence-corrected chi connectivity index (χ2v) is 9.74. The van der Waals surface area contributed by atoms with Crippen LogP contribution in [0.25, 0.3) is 0 Å². The maximum absolute atomic E-state index is 12.0. The van der Waals surface area contributed by atoms with Crippen LogP contribution >= 0.6 is 0 Å². The molecule has 6 nitrogen and oxygen atoms in total. The van der Waals surface area contributed by atoms with E-state index in [-0.39, 0.29) is 11.7 Å². The van der Waals surface area contributed by atoms with Gasteiger partial charge in [0.15, 0.2) is 10.6 Å². The standard InChI is InChI=1S/C24H31N3O3S/c28-22(19-10-11-23-21(17-19)25-24(29)18-31(23)30)9-5-2-6-12-26-13-15-27(16-14-26)20-7-3-1-4-8-20/h1,3-4,7-8,10-11,17,22,28H,2,5-6,9,12-16,18H2,(H,25,29). The Morgan fingerprint density at radius 3 is 2.58 bits per heavy atom. The van der Waals surface area contributed by atoms with E-state index >= 15 is 0 Å². The van der Waals surface area contributed by atoms with E-state index in [4.69, 9.17) is 0 Å². The van der Waals surface area contributed by atoms with Crippen molar-refractivity contribution in [2.45, 2.75) is 36.7 Å². The smallest absolute Gasteiger partial charge is 0.274 e. The van der Waals surface area contributed by atoms with Gasteiger partial charge in [-0.25, -0.2) is 0 Å². The number of hydrogen-bond donors (Lipinski definition) is 2. The zero-order valence-corrected chi connectivity index (χ0v) is 18.7. The summed E-state index contributed by atoms with van der Waals surface area (Å²) < 4.78 is 12.0. The summed E-state index contributed by atoms with van der Waals surface area (Å²) in [6, 6.07) is 16.0. The van der Waals surface area contributed by atoms with Gasteiger partial charge in [-0.05, 0) is 60.4 Å². The topological polar surface area (TPSA) is 78.9 Å². The van der Waals surface area contributed by atoms with Crippen LogP contribution in [0.1, 0.15) is 37.4 Å². The average molecular weight is 442 g/mol. The number of carbonyl (C=O) groups excluding carboxylic acids is 1. The number of amides is 1. The maximum Gasteiger partial charge on any atom is 0.274 e. The normalized spacial score (nSPS) is 20.3. The van der Waals surface area contributed by atoms with Gasteiger partial charge in [-0.1, -0.05) is 37.1 Å². The predicted molar refractivity (Wildman–Crippen MR) is 125 cm³/mol. The monoisotopic (exact) mass is 441 g/mol. The van der Waals surface area contributed by atoms with Crippen molar-refractivity contribution in [3.63, 3.8) is 0 Å². The molecule has 31 heavy (non-hydrogen) atoms. The summed E-state index contributed by atoms with van der Waals surface area (Å²) in [6.07, 6.45) is 3.31. The fraction of sp³-hybridized carbons (Fsp3) is 0.458. The van der Waals surface area contributed by atoms with Crippen molar-refractivity contribution in [2.75, 3.05) is 48.7 Å². The molecule has 1 saturated heterocycles. The summed E-state index contributed by atoms with van der Waals surface area (Å²) in [7, 11) is 0. The second-order valence-electron chi connectivity index (χ2n) is 8.32. The van der Waals surface area contributed by atoms with Gasteiger partial charge >= 0.3 is 0 Å². The maximum atomic E-state index is 12.0. The lowest BCUT2D eigenvalue weighted by Crippen LogP contribution is -2.46. The molecule has 1 amide bonds. The van der Waals surface area contributed by atoms with E-state index < -0.39 is 17.3 Å². The fourth-order valence-electron chi connectivity index (χ4n) is 4.32. The van der Waals surface area contributed by atoms with Crippen molar-refractivity contribution < 1.29 is 14.5 Å². The highest BCUT2D eigenvalue weighted by atomic mass is 32.2. The summed E-state index contributed by atoms with van der Waals surface area (Å²) in [5, 5.41) is 13.3. The molecule has 2 aliphatic rings. The summed E-state index contributed by atoms with van der Waals surface area (Å²) in [6.45, 7) is 5.44. The number of rotatable bonds is 8. The Labute approximate surface area is 187 Å². The predicted octanol–water partition coefficient (Wildman–Crippen LogP) is 3.16. The van der Waals surface area contributed by atoms with Crippen LogP contribution in [0, 0.1) is 0 Å². The van der Waals surface area contributed by atoms with Gasteiger partial charge in [0.1, 0.15) is 0 Å². The van der Waals surface area contributed by atoms with Gasteiger partial charge in [-0.3, -0.25) is 9.69 Å². The van der Waals surface area contributed by atoms with Crippen molar-refractivity contribution in [3.8, 4) is 0 Å². The SMILES string of the molecule is O=C1C[S+]([O-])c2ccc(C(O)CCCCCN3CCN(c4ccccc4)CC3)cc2N1. The van der Waals surface area contributed by atoms with E-state index in [0.717, 1.165) is 57.5 Å². The summed E-state index contributed by atoms with van der Waals surface area (Å²) in [4.78, 5) is 17.2. The summed E-state index contributed by atoms with van der Waals surface area (Å²) in [5.74, 6) is -0.224. The number of fused-ring (bicyclic) bond motifs is 1. The Bertz CT molecular complexity index is 872. The zero-order chi connectivity index (χ0) is 21.6. The second kappa shape index (κ2) is 10.5. The number of aliphatic hydroxyl groups excluding tert-OH is 1. The Morgan fingerprint density at radius 2 is 1.81 bits per heavy atom. The van der Waals surface area contributed by atoms with Gasteiger partial charge in [0.05, 0.1) is 11.8 Å². The van der Waals surface area contributed by atoms with Crippen LogP contribution in [0.3, 0.4) is 0 Å². The molecule has 2 aromatic carbocycles. The van der Waals surface area contributed by atoms with Crippen LogP contribution in [0.15, 0.2) is 53.4 Å². The zero-order valence-electron chi connectivity index (χ0n) is 17.8. The molecule has 0 aromatic heterocycles. The third-order valence-electron chi connectivity index (χ3n) is 6.12. The van der Waals surface area contributed by atoms with Gasteiger partial charge in [0, 0.05) is 31.9 Å². The van der Waals surface area contributed by atoms with E-state index in [2.05, 4.69) is 45.4 Å². The summed E-state index contributed by atoms with van der Waals surface area (Å²) in [5.41, 5.74) is 2.65. The molecule has 2 unspecified atom stereocenters. The molecule has 166 valence electrons. The molecule has 4 rings (SSSR count). The highest BCUT2D eigenvalue weighted by Gasteiger charge is 2.27. The van der Waals surface area contributed by atoms with Gasteiger partial charge in [-0.2, -0.15) is 0 Å². The number of para-hydroxylation sites is 1. The third-order valence-corrected chi connectivity index (χ3v) is 7.49. The lowest BCUT2D eigenvalue weighted by atomic mass is 10.0. The van der Waals surface area contributed by atoms with Crippen LogP contribution in [-0.4, -0.2) is 58.9 Å². The molecule has 0 radical (unpaired) electrons. The minimum absolute atomic E-state index is 0.0101. The van der Waals surface area contributed by atoms with Crippen LogP contribution in [0.4, 0.5) is 11.4 Å². The van der Waals surface area contributed by atoms with E-state index in [1.54, 1.807) is 12.1 Å². The minimum atomic E-state index is -1.29. The number of unbranched alkanes of at least 4 members (excludes halogenated alkanes) is 2. The number of anilines is 2. The van der Waals surface area contributed by atoms with E-state index in [1.807, 2.05) is 6.07 Å². The molecular weight excluding hydrogens is 410 g/mol. The highest BCUT2D eigenvalue weighted by molar-refractivity contribution is 7.92. The number of carbonyl (C=O) groups is 1. The first-order chi connectivity index (χ1) is 15.1. The van der Waals surface area contributed by atoms with Crippen LogP contribution in [0.2, 0.25) is 0 Å². The molecule has 7 heteroatoms. The Balaban J connectivity index is 1.15. The Kier molecular flexibility index (Phi) is 7.50. The molecule has 2 N–H and O–H groups in total. The molecule has 2 atom stereocenters. The molecule has 0 spiro atoms. The lowest BCUT2D eigenvalue weighted by Gasteiger charge is -2.36. The third kappa shape index (κ3) is 5.80. The number of nitrogens with zero attached hydrogens (tertiary/aromatic N) is 2. The van der Waals surface area contributed by atoms with Crippen LogP contribution in [-0.2, 0) is 16.0 Å². The number of piperazine rings is 1. The Hall–Kier alpha value is -2.06. The van der Waals surface area contributed by atoms with E-state index in [9.17, 15) is 14.5 Å². The first-order valence-corrected chi connectivity index (χ1v) is 12.4. The molecule has 0 saturated carbocycles. The first kappa shape index (κ1) is 22.1. The van der Waals surface area contributed by atoms with E-state index in [0.29, 0.717) is 17.0 Å². The first-order valence-electron chi connectivity index (χ1n) is 11.1. The molecule has 2 aromatic rings. The van der Waals surface area contributed by atoms with Gasteiger partial charge in [-0.15, -0.1) is 0 Å². The largest absolute Gasteiger partial charge is 0.611 e. The van der Waals surface area contributed by atoms with Crippen molar-refractivity contribution >= 4 is 28.5 Å². The highest BCUT2D eigenvalue weighted by Crippen LogP contribution is 2.31. The fourth-order valence-corrected chi connectivity index (χ4v) is 5.36. The Morgan fingerprint density at radius 1 is 1.03 bits per heavy atom. The van der Waals surface area contributed by atoms with Crippen molar-refractivity contribution in [1.29, 1.82) is 0 Å². The number of nitrogens with one attached hydrogen (secondary N) is 1. The summed E-state index contributed by atoms with van der Waals surface area (Å²) >= 11 is -1.29. The van der Waals surface area contributed by atoms with Crippen molar-refractivity contribution in [1.82, 2.24) is 4.90 Å². The molecule has 2 heterocycles. The van der Waals surface area contributed by atoms with Crippen molar-refractivity contribution in [2.24, 2.45) is 0 Å². The van der Waals surface area contributed by atoms with Gasteiger partial charge in [0.25, 0.3) is 5.91 Å². The number of benzene rings is 2. The minimum Gasteiger partial charge on any atom is -0.611 e. The molecule has 1 fully saturated rings. The molecule has 0 bridgehead atoms. The molecule has 2 aliphatic heterocycles. The molecule has 0 aliphatic carbocycles. The average Bonchev–Trinajstić information content (AvgIpc) is 2.79. The van der Waals surface area contributed by atoms with Gasteiger partial charge in [0.2, 0.25) is 0 Å². The quantitative estimate of drug-likeness (QED) is 0.486. The van der Waals surface area contributed by atoms with E-state index in [1.165, 1.54) is 5.69 Å². The number of aliphatic hydroxyl groups is 1. The number of hydrogen-bond acceptors (Lipinski definition) is 5. The molecular formula is C24H31N3O3S. The lowest BCUT2D eigenvalue weighted by molar-refractivity contribution is -0.114. The van der Waals surface area contributed by atoms with Crippen LogP contribution in [0.5, 0.6) is 0 Å².